The molecule has 1 unspecified atom stereocenters. The molecule has 0 aliphatic heterocycles. The molecule has 1 saturated carbocycles. The van der Waals surface area contributed by atoms with E-state index in [1.54, 1.807) is 19.1 Å². The van der Waals surface area contributed by atoms with E-state index in [9.17, 15) is 18.0 Å². The van der Waals surface area contributed by atoms with Gasteiger partial charge in [-0.05, 0) is 49.4 Å². The Labute approximate surface area is 209 Å². The minimum absolute atomic E-state index is 0.122. The third kappa shape index (κ3) is 7.56. The van der Waals surface area contributed by atoms with Gasteiger partial charge in [-0.1, -0.05) is 68.7 Å². The number of carbonyl (C=O) groups excluding carboxylic acids is 2. The van der Waals surface area contributed by atoms with Crippen LogP contribution in [0.1, 0.15) is 57.1 Å². The van der Waals surface area contributed by atoms with E-state index in [-0.39, 0.29) is 25.0 Å². The largest absolute Gasteiger partial charge is 0.352 e. The number of benzene rings is 2. The van der Waals surface area contributed by atoms with Crippen molar-refractivity contribution in [3.63, 3.8) is 0 Å². The number of anilines is 1. The number of hydrogen-bond donors (Lipinski definition) is 1. The highest BCUT2D eigenvalue weighted by atomic mass is 32.2. The molecule has 7 nitrogen and oxygen atoms in total. The van der Waals surface area contributed by atoms with Crippen molar-refractivity contribution in [2.45, 2.75) is 71.0 Å². The van der Waals surface area contributed by atoms with Crippen LogP contribution in [-0.4, -0.2) is 50.0 Å². The minimum atomic E-state index is -3.72. The summed E-state index contributed by atoms with van der Waals surface area (Å²) in [7, 11) is -3.72. The minimum Gasteiger partial charge on any atom is -0.352 e. The monoisotopic (exact) mass is 499 g/mol. The van der Waals surface area contributed by atoms with E-state index in [0.29, 0.717) is 5.69 Å². The molecule has 1 aliphatic carbocycles. The average Bonchev–Trinajstić information content (AvgIpc) is 2.86. The molecule has 0 aromatic heterocycles. The summed E-state index contributed by atoms with van der Waals surface area (Å²) in [5, 5.41) is 3.10. The van der Waals surface area contributed by atoms with Crippen LogP contribution in [0, 0.1) is 0 Å². The SMILES string of the molecule is CCc1ccc(N(CC(=O)N(Cc2ccccc2)C(C)C(=O)NC2CCCCC2)S(C)(=O)=O)cc1. The lowest BCUT2D eigenvalue weighted by Gasteiger charge is -2.33. The molecule has 0 heterocycles. The third-order valence-electron chi connectivity index (χ3n) is 6.63. The van der Waals surface area contributed by atoms with Gasteiger partial charge < -0.3 is 10.2 Å². The fourth-order valence-corrected chi connectivity index (χ4v) is 5.29. The predicted octanol–water partition coefficient (Wildman–Crippen LogP) is 3.88. The van der Waals surface area contributed by atoms with Crippen molar-refractivity contribution in [1.29, 1.82) is 0 Å². The number of carbonyl (C=O) groups is 2. The maximum atomic E-state index is 13.6. The van der Waals surface area contributed by atoms with E-state index in [4.69, 9.17) is 0 Å². The van der Waals surface area contributed by atoms with E-state index in [0.717, 1.165) is 53.8 Å². The van der Waals surface area contributed by atoms with Crippen LogP contribution < -0.4 is 9.62 Å². The molecule has 0 radical (unpaired) electrons. The van der Waals surface area contributed by atoms with E-state index >= 15 is 0 Å². The Morgan fingerprint density at radius 3 is 2.17 bits per heavy atom. The van der Waals surface area contributed by atoms with Crippen molar-refractivity contribution in [1.82, 2.24) is 10.2 Å². The van der Waals surface area contributed by atoms with Crippen LogP contribution in [0.25, 0.3) is 0 Å². The normalized spacial score (nSPS) is 15.3. The van der Waals surface area contributed by atoms with Crippen LogP contribution in [0.4, 0.5) is 5.69 Å². The Bertz CT molecular complexity index is 1080. The Hall–Kier alpha value is -2.87. The topological polar surface area (TPSA) is 86.8 Å². The van der Waals surface area contributed by atoms with Gasteiger partial charge in [-0.3, -0.25) is 13.9 Å². The Morgan fingerprint density at radius 2 is 1.60 bits per heavy atom. The molecule has 2 amide bonds. The molecule has 1 atom stereocenters. The van der Waals surface area contributed by atoms with E-state index < -0.39 is 22.0 Å². The van der Waals surface area contributed by atoms with Crippen molar-refractivity contribution in [2.24, 2.45) is 0 Å². The molecule has 3 rings (SSSR count). The highest BCUT2D eigenvalue weighted by molar-refractivity contribution is 7.92. The van der Waals surface area contributed by atoms with Gasteiger partial charge >= 0.3 is 0 Å². The van der Waals surface area contributed by atoms with E-state index in [2.05, 4.69) is 5.32 Å². The second-order valence-corrected chi connectivity index (χ2v) is 11.2. The molecule has 2 aromatic carbocycles. The first kappa shape index (κ1) is 26.7. The number of amides is 2. The number of hydrogen-bond acceptors (Lipinski definition) is 4. The van der Waals surface area contributed by atoms with Crippen molar-refractivity contribution in [3.8, 4) is 0 Å². The van der Waals surface area contributed by atoms with Gasteiger partial charge in [0.05, 0.1) is 11.9 Å². The summed E-state index contributed by atoms with van der Waals surface area (Å²) < 4.78 is 26.4. The summed E-state index contributed by atoms with van der Waals surface area (Å²) in [5.41, 5.74) is 2.38. The van der Waals surface area contributed by atoms with Crippen LogP contribution in [0.2, 0.25) is 0 Å². The van der Waals surface area contributed by atoms with Gasteiger partial charge in [0.25, 0.3) is 0 Å². The Balaban J connectivity index is 1.83. The van der Waals surface area contributed by atoms with Gasteiger partial charge in [0, 0.05) is 12.6 Å². The van der Waals surface area contributed by atoms with Gasteiger partial charge in [-0.2, -0.15) is 0 Å². The molecular weight excluding hydrogens is 462 g/mol. The highest BCUT2D eigenvalue weighted by Crippen LogP contribution is 2.21. The van der Waals surface area contributed by atoms with Gasteiger partial charge in [0.2, 0.25) is 21.8 Å². The molecule has 1 aliphatic rings. The van der Waals surface area contributed by atoms with Crippen molar-refractivity contribution < 1.29 is 18.0 Å². The molecule has 0 spiro atoms. The summed E-state index contributed by atoms with van der Waals surface area (Å²) in [6, 6.07) is 16.0. The molecule has 8 heteroatoms. The van der Waals surface area contributed by atoms with Crippen LogP contribution in [-0.2, 0) is 32.6 Å². The fourth-order valence-electron chi connectivity index (χ4n) is 4.44. The Morgan fingerprint density at radius 1 is 0.971 bits per heavy atom. The van der Waals surface area contributed by atoms with Gasteiger partial charge in [0.1, 0.15) is 12.6 Å². The average molecular weight is 500 g/mol. The molecule has 190 valence electrons. The lowest BCUT2D eigenvalue weighted by atomic mass is 9.95. The number of nitrogens with one attached hydrogen (secondary N) is 1. The first-order valence-electron chi connectivity index (χ1n) is 12.4. The maximum Gasteiger partial charge on any atom is 0.244 e. The van der Waals surface area contributed by atoms with Crippen molar-refractivity contribution in [3.05, 3.63) is 65.7 Å². The summed E-state index contributed by atoms with van der Waals surface area (Å²) in [4.78, 5) is 28.2. The zero-order valence-electron chi connectivity index (χ0n) is 20.9. The number of rotatable bonds is 10. The van der Waals surface area contributed by atoms with Crippen LogP contribution in [0.3, 0.4) is 0 Å². The first-order chi connectivity index (χ1) is 16.7. The summed E-state index contributed by atoms with van der Waals surface area (Å²) in [6.45, 7) is 3.57. The summed E-state index contributed by atoms with van der Waals surface area (Å²) in [6.07, 6.45) is 7.17. The third-order valence-corrected chi connectivity index (χ3v) is 7.77. The molecule has 0 bridgehead atoms. The smallest absolute Gasteiger partial charge is 0.244 e. The zero-order valence-corrected chi connectivity index (χ0v) is 21.8. The first-order valence-corrected chi connectivity index (χ1v) is 14.2. The highest BCUT2D eigenvalue weighted by Gasteiger charge is 2.31. The zero-order chi connectivity index (χ0) is 25.4. The number of aryl methyl sites for hydroxylation is 1. The summed E-state index contributed by atoms with van der Waals surface area (Å²) in [5.74, 6) is -0.635. The maximum absolute atomic E-state index is 13.6. The van der Waals surface area contributed by atoms with Crippen molar-refractivity contribution >= 4 is 27.5 Å². The number of nitrogens with zero attached hydrogens (tertiary/aromatic N) is 2. The Kier molecular flexibility index (Phi) is 9.32. The van der Waals surface area contributed by atoms with Crippen LogP contribution >= 0.6 is 0 Å². The lowest BCUT2D eigenvalue weighted by molar-refractivity contribution is -0.139. The molecule has 2 aromatic rings. The molecular formula is C27H37N3O4S. The molecule has 0 saturated heterocycles. The molecule has 1 N–H and O–H groups in total. The fraction of sp³-hybridized carbons (Fsp3) is 0.481. The van der Waals surface area contributed by atoms with Crippen molar-refractivity contribution in [2.75, 3.05) is 17.1 Å². The van der Waals surface area contributed by atoms with Gasteiger partial charge in [0.15, 0.2) is 0 Å². The predicted molar refractivity (Wildman–Crippen MR) is 139 cm³/mol. The standard InChI is InChI=1S/C27H37N3O4S/c1-4-22-15-17-25(18-16-22)30(35(3,33)34)20-26(31)29(19-23-11-7-5-8-12-23)21(2)27(32)28-24-13-9-6-10-14-24/h5,7-8,11-12,15-18,21,24H,4,6,9-10,13-14,19-20H2,1-3H3,(H,28,32). The van der Waals surface area contributed by atoms with Crippen LogP contribution in [0.15, 0.2) is 54.6 Å². The van der Waals surface area contributed by atoms with Gasteiger partial charge in [-0.25, -0.2) is 8.42 Å². The second kappa shape index (κ2) is 12.2. The van der Waals surface area contributed by atoms with Gasteiger partial charge in [-0.15, -0.1) is 0 Å². The second-order valence-electron chi connectivity index (χ2n) is 9.32. The van der Waals surface area contributed by atoms with E-state index in [1.165, 1.54) is 11.3 Å². The summed E-state index contributed by atoms with van der Waals surface area (Å²) >= 11 is 0. The van der Waals surface area contributed by atoms with E-state index in [1.807, 2.05) is 49.4 Å². The van der Waals surface area contributed by atoms with Crippen LogP contribution in [0.5, 0.6) is 0 Å². The molecule has 35 heavy (non-hydrogen) atoms. The number of sulfonamides is 1. The lowest BCUT2D eigenvalue weighted by Crippen LogP contribution is -2.52. The molecule has 1 fully saturated rings. The quantitative estimate of drug-likeness (QED) is 0.538.